The first-order chi connectivity index (χ1) is 10.4. The highest BCUT2D eigenvalue weighted by atomic mass is 16.5. The maximum absolute atomic E-state index is 12.6. The Morgan fingerprint density at radius 1 is 1.27 bits per heavy atom. The van der Waals surface area contributed by atoms with E-state index in [1.165, 1.54) is 18.8 Å². The van der Waals surface area contributed by atoms with Crippen molar-refractivity contribution in [1.29, 1.82) is 0 Å². The van der Waals surface area contributed by atoms with Crippen molar-refractivity contribution in [3.8, 4) is 5.88 Å². The molecule has 1 fully saturated rings. The number of nitrogens with zero attached hydrogens (tertiary/aromatic N) is 3. The van der Waals surface area contributed by atoms with Crippen LogP contribution in [0.1, 0.15) is 57.4 Å². The number of amides is 1. The summed E-state index contributed by atoms with van der Waals surface area (Å²) in [4.78, 5) is 22.8. The maximum Gasteiger partial charge on any atom is 0.274 e. The summed E-state index contributed by atoms with van der Waals surface area (Å²) in [6, 6.07) is 0. The highest BCUT2D eigenvalue weighted by molar-refractivity contribution is 5.92. The predicted molar refractivity (Wildman–Crippen MR) is 85.9 cm³/mol. The molecule has 2 rings (SSSR count). The van der Waals surface area contributed by atoms with Gasteiger partial charge in [-0.25, -0.2) is 9.97 Å². The van der Waals surface area contributed by atoms with E-state index in [2.05, 4.69) is 30.7 Å². The topological polar surface area (TPSA) is 55.3 Å². The summed E-state index contributed by atoms with van der Waals surface area (Å²) >= 11 is 0. The predicted octanol–water partition coefficient (Wildman–Crippen LogP) is 3.16. The zero-order chi connectivity index (χ0) is 16.2. The number of carbonyl (C=O) groups is 1. The van der Waals surface area contributed by atoms with Crippen LogP contribution in [0.15, 0.2) is 12.4 Å². The lowest BCUT2D eigenvalue weighted by Crippen LogP contribution is -2.33. The maximum atomic E-state index is 12.6. The molecule has 5 nitrogen and oxygen atoms in total. The van der Waals surface area contributed by atoms with Crippen LogP contribution in [-0.4, -0.2) is 40.5 Å². The third-order valence-electron chi connectivity index (χ3n) is 4.38. The van der Waals surface area contributed by atoms with Crippen molar-refractivity contribution in [2.45, 2.75) is 47.0 Å². The average molecular weight is 305 g/mol. The molecule has 0 radical (unpaired) electrons. The summed E-state index contributed by atoms with van der Waals surface area (Å²) < 4.78 is 5.26. The number of hydrogen-bond donors (Lipinski definition) is 0. The van der Waals surface area contributed by atoms with Gasteiger partial charge in [0, 0.05) is 13.1 Å². The molecule has 1 saturated heterocycles. The second-order valence-corrected chi connectivity index (χ2v) is 6.96. The van der Waals surface area contributed by atoms with Gasteiger partial charge < -0.3 is 9.64 Å². The van der Waals surface area contributed by atoms with Crippen LogP contribution in [-0.2, 0) is 0 Å². The lowest BCUT2D eigenvalue weighted by atomic mass is 9.77. The van der Waals surface area contributed by atoms with E-state index in [9.17, 15) is 4.79 Å². The van der Waals surface area contributed by atoms with Crippen molar-refractivity contribution in [1.82, 2.24) is 14.9 Å². The molecule has 0 N–H and O–H groups in total. The molecule has 1 amide bonds. The van der Waals surface area contributed by atoms with Crippen molar-refractivity contribution < 1.29 is 9.53 Å². The standard InChI is InChI=1S/C17H27N3O2/c1-5-22-15-12-18-14(11-19-15)16(21)20-9-6-7-13(8-10-20)17(2,3)4/h11-13H,5-10H2,1-4H3. The summed E-state index contributed by atoms with van der Waals surface area (Å²) in [5.41, 5.74) is 0.704. The lowest BCUT2D eigenvalue weighted by molar-refractivity contribution is 0.0749. The van der Waals surface area contributed by atoms with Crippen molar-refractivity contribution in [3.05, 3.63) is 18.1 Å². The third-order valence-corrected chi connectivity index (χ3v) is 4.38. The molecule has 2 heterocycles. The Bertz CT molecular complexity index is 494. The fourth-order valence-electron chi connectivity index (χ4n) is 2.98. The van der Waals surface area contributed by atoms with Crippen LogP contribution in [0.4, 0.5) is 0 Å². The first-order valence-corrected chi connectivity index (χ1v) is 8.16. The number of hydrogen-bond acceptors (Lipinski definition) is 4. The highest BCUT2D eigenvalue weighted by Gasteiger charge is 2.29. The van der Waals surface area contributed by atoms with E-state index in [0.29, 0.717) is 29.5 Å². The van der Waals surface area contributed by atoms with Gasteiger partial charge in [-0.2, -0.15) is 0 Å². The number of aromatic nitrogens is 2. The first-order valence-electron chi connectivity index (χ1n) is 8.16. The van der Waals surface area contributed by atoms with Crippen molar-refractivity contribution >= 4 is 5.91 Å². The molecule has 1 atom stereocenters. The summed E-state index contributed by atoms with van der Waals surface area (Å²) in [6.07, 6.45) is 6.33. The Morgan fingerprint density at radius 2 is 2.05 bits per heavy atom. The van der Waals surface area contributed by atoms with E-state index in [0.717, 1.165) is 25.9 Å². The molecule has 0 spiro atoms. The number of carbonyl (C=O) groups excluding carboxylic acids is 1. The summed E-state index contributed by atoms with van der Waals surface area (Å²) in [5, 5.41) is 0. The van der Waals surface area contributed by atoms with E-state index in [1.807, 2.05) is 11.8 Å². The van der Waals surface area contributed by atoms with Gasteiger partial charge in [0.1, 0.15) is 5.69 Å². The van der Waals surface area contributed by atoms with Gasteiger partial charge in [-0.05, 0) is 37.5 Å². The smallest absolute Gasteiger partial charge is 0.274 e. The first kappa shape index (κ1) is 16.7. The van der Waals surface area contributed by atoms with Crippen LogP contribution in [0, 0.1) is 11.3 Å². The van der Waals surface area contributed by atoms with E-state index in [1.54, 1.807) is 0 Å². The SMILES string of the molecule is CCOc1cnc(C(=O)N2CCCC(C(C)(C)C)CC2)cn1. The summed E-state index contributed by atoms with van der Waals surface area (Å²) in [5.74, 6) is 1.10. The zero-order valence-electron chi connectivity index (χ0n) is 14.1. The van der Waals surface area contributed by atoms with Crippen LogP contribution in [0.5, 0.6) is 5.88 Å². The van der Waals surface area contributed by atoms with E-state index >= 15 is 0 Å². The molecular weight excluding hydrogens is 278 g/mol. The van der Waals surface area contributed by atoms with Crippen molar-refractivity contribution in [2.24, 2.45) is 11.3 Å². The molecule has 0 aliphatic carbocycles. The normalized spacial score (nSPS) is 19.6. The Morgan fingerprint density at radius 3 is 2.64 bits per heavy atom. The minimum Gasteiger partial charge on any atom is -0.477 e. The second kappa shape index (κ2) is 7.07. The average Bonchev–Trinajstić information content (AvgIpc) is 2.73. The van der Waals surface area contributed by atoms with E-state index in [-0.39, 0.29) is 5.91 Å². The van der Waals surface area contributed by atoms with Crippen molar-refractivity contribution in [3.63, 3.8) is 0 Å². The molecule has 1 aromatic rings. The van der Waals surface area contributed by atoms with Gasteiger partial charge in [0.25, 0.3) is 5.91 Å². The fourth-order valence-corrected chi connectivity index (χ4v) is 2.98. The fraction of sp³-hybridized carbons (Fsp3) is 0.706. The van der Waals surface area contributed by atoms with Gasteiger partial charge in [0.2, 0.25) is 5.88 Å². The largest absolute Gasteiger partial charge is 0.477 e. The van der Waals surface area contributed by atoms with Gasteiger partial charge in [-0.1, -0.05) is 20.8 Å². The van der Waals surface area contributed by atoms with Gasteiger partial charge >= 0.3 is 0 Å². The molecule has 122 valence electrons. The van der Waals surface area contributed by atoms with Crippen LogP contribution in [0.25, 0.3) is 0 Å². The Balaban J connectivity index is 2.00. The molecule has 1 unspecified atom stereocenters. The Kier molecular flexibility index (Phi) is 5.37. The molecule has 5 heteroatoms. The van der Waals surface area contributed by atoms with Gasteiger partial charge in [-0.15, -0.1) is 0 Å². The number of ether oxygens (including phenoxy) is 1. The van der Waals surface area contributed by atoms with Crippen LogP contribution in [0.2, 0.25) is 0 Å². The summed E-state index contributed by atoms with van der Waals surface area (Å²) in [6.45, 7) is 10.9. The Hall–Kier alpha value is -1.65. The summed E-state index contributed by atoms with van der Waals surface area (Å²) in [7, 11) is 0. The number of rotatable bonds is 3. The minimum absolute atomic E-state index is 0.0230. The van der Waals surface area contributed by atoms with E-state index < -0.39 is 0 Å². The molecule has 0 bridgehead atoms. The Labute approximate surface area is 133 Å². The molecule has 1 aliphatic heterocycles. The van der Waals surface area contributed by atoms with Crippen LogP contribution in [0.3, 0.4) is 0 Å². The van der Waals surface area contributed by atoms with Crippen molar-refractivity contribution in [2.75, 3.05) is 19.7 Å². The van der Waals surface area contributed by atoms with Crippen LogP contribution >= 0.6 is 0 Å². The monoisotopic (exact) mass is 305 g/mol. The second-order valence-electron chi connectivity index (χ2n) is 6.96. The molecule has 1 aromatic heterocycles. The molecule has 1 aliphatic rings. The van der Waals surface area contributed by atoms with Gasteiger partial charge in [0.05, 0.1) is 19.0 Å². The third kappa shape index (κ3) is 4.18. The molecule has 22 heavy (non-hydrogen) atoms. The molecular formula is C17H27N3O2. The zero-order valence-corrected chi connectivity index (χ0v) is 14.1. The lowest BCUT2D eigenvalue weighted by Gasteiger charge is -2.29. The van der Waals surface area contributed by atoms with Gasteiger partial charge in [0.15, 0.2) is 0 Å². The van der Waals surface area contributed by atoms with E-state index in [4.69, 9.17) is 4.74 Å². The molecule has 0 aromatic carbocycles. The minimum atomic E-state index is -0.0230. The van der Waals surface area contributed by atoms with Crippen LogP contribution < -0.4 is 4.74 Å². The highest BCUT2D eigenvalue weighted by Crippen LogP contribution is 2.34. The van der Waals surface area contributed by atoms with Gasteiger partial charge in [-0.3, -0.25) is 4.79 Å². The molecule has 0 saturated carbocycles. The quantitative estimate of drug-likeness (QED) is 0.860. The number of likely N-dealkylation sites (tertiary alicyclic amines) is 1.